The van der Waals surface area contributed by atoms with Crippen LogP contribution in [0.3, 0.4) is 0 Å². The molecule has 0 saturated heterocycles. The van der Waals surface area contributed by atoms with E-state index in [1.807, 2.05) is 0 Å². The van der Waals surface area contributed by atoms with E-state index in [4.69, 9.17) is 21.1 Å². The van der Waals surface area contributed by atoms with Gasteiger partial charge in [0.15, 0.2) is 17.3 Å². The summed E-state index contributed by atoms with van der Waals surface area (Å²) >= 11 is 6.09. The van der Waals surface area contributed by atoms with Gasteiger partial charge in [0.05, 0.1) is 19.2 Å². The minimum Gasteiger partial charge on any atom is -0.493 e. The molecule has 0 saturated carbocycles. The van der Waals surface area contributed by atoms with Crippen LogP contribution in [0.2, 0.25) is 5.02 Å². The van der Waals surface area contributed by atoms with Crippen molar-refractivity contribution in [1.82, 2.24) is 0 Å². The molecule has 0 spiro atoms. The number of ketones is 1. The Morgan fingerprint density at radius 2 is 1.78 bits per heavy atom. The van der Waals surface area contributed by atoms with Crippen LogP contribution in [0.4, 0.5) is 0 Å². The Balaban J connectivity index is 2.91. The molecule has 0 heterocycles. The number of hydrogen-bond acceptors (Lipinski definition) is 3. The van der Waals surface area contributed by atoms with E-state index >= 15 is 0 Å². The van der Waals surface area contributed by atoms with Crippen LogP contribution >= 0.6 is 11.6 Å². The first-order valence-corrected chi connectivity index (χ1v) is 6.46. The number of rotatable bonds is 7. The molecular formula is C14H19ClO3. The van der Waals surface area contributed by atoms with E-state index < -0.39 is 0 Å². The van der Waals surface area contributed by atoms with Gasteiger partial charge in [-0.2, -0.15) is 0 Å². The van der Waals surface area contributed by atoms with E-state index in [1.165, 1.54) is 14.2 Å². The lowest BCUT2D eigenvalue weighted by molar-refractivity contribution is 0.0979. The molecule has 0 aliphatic heterocycles. The lowest BCUT2D eigenvalue weighted by Gasteiger charge is -2.11. The lowest BCUT2D eigenvalue weighted by Crippen LogP contribution is -2.02. The predicted molar refractivity (Wildman–Crippen MR) is 73.0 cm³/mol. The first-order chi connectivity index (χ1) is 8.63. The van der Waals surface area contributed by atoms with Crippen LogP contribution in [0.25, 0.3) is 0 Å². The summed E-state index contributed by atoms with van der Waals surface area (Å²) in [4.78, 5) is 12.0. The van der Waals surface area contributed by atoms with Crippen LogP contribution in [0, 0.1) is 0 Å². The van der Waals surface area contributed by atoms with Crippen LogP contribution in [0.1, 0.15) is 43.0 Å². The van der Waals surface area contributed by atoms with Gasteiger partial charge in [0.2, 0.25) is 0 Å². The molecule has 1 aromatic carbocycles. The number of unbranched alkanes of at least 4 members (excludes halogenated alkanes) is 2. The molecule has 0 aliphatic carbocycles. The molecule has 0 aromatic heterocycles. The maximum Gasteiger partial charge on any atom is 0.164 e. The summed E-state index contributed by atoms with van der Waals surface area (Å²) in [6.07, 6.45) is 3.55. The number of halogens is 1. The molecule has 100 valence electrons. The molecule has 0 bridgehead atoms. The Hall–Kier alpha value is -1.22. The molecular weight excluding hydrogens is 252 g/mol. The van der Waals surface area contributed by atoms with Crippen molar-refractivity contribution in [2.45, 2.75) is 32.6 Å². The average Bonchev–Trinajstić information content (AvgIpc) is 2.38. The highest BCUT2D eigenvalue weighted by Crippen LogP contribution is 2.33. The van der Waals surface area contributed by atoms with Crippen molar-refractivity contribution in [3.63, 3.8) is 0 Å². The summed E-state index contributed by atoms with van der Waals surface area (Å²) in [6.45, 7) is 2.11. The van der Waals surface area contributed by atoms with Crippen molar-refractivity contribution in [2.24, 2.45) is 0 Å². The molecule has 1 rings (SSSR count). The third-order valence-corrected chi connectivity index (χ3v) is 3.09. The Bertz CT molecular complexity index is 416. The van der Waals surface area contributed by atoms with Crippen LogP contribution < -0.4 is 9.47 Å². The fourth-order valence-electron chi connectivity index (χ4n) is 1.74. The lowest BCUT2D eigenvalue weighted by atomic mass is 10.0. The Morgan fingerprint density at radius 1 is 1.17 bits per heavy atom. The van der Waals surface area contributed by atoms with Gasteiger partial charge < -0.3 is 9.47 Å². The summed E-state index contributed by atoms with van der Waals surface area (Å²) in [5, 5.41) is 0.411. The zero-order chi connectivity index (χ0) is 13.5. The van der Waals surface area contributed by atoms with Gasteiger partial charge in [-0.3, -0.25) is 4.79 Å². The smallest absolute Gasteiger partial charge is 0.164 e. The summed E-state index contributed by atoms with van der Waals surface area (Å²) in [6, 6.07) is 3.27. The van der Waals surface area contributed by atoms with Crippen LogP contribution in [-0.2, 0) is 0 Å². The third-order valence-electron chi connectivity index (χ3n) is 2.78. The second-order valence-electron chi connectivity index (χ2n) is 4.07. The van der Waals surface area contributed by atoms with Crippen molar-refractivity contribution in [3.8, 4) is 11.5 Å². The first kappa shape index (κ1) is 14.8. The van der Waals surface area contributed by atoms with E-state index in [9.17, 15) is 4.79 Å². The van der Waals surface area contributed by atoms with Gasteiger partial charge in [-0.05, 0) is 12.5 Å². The second-order valence-corrected chi connectivity index (χ2v) is 4.47. The number of carbonyl (C=O) groups excluding carboxylic acids is 1. The van der Waals surface area contributed by atoms with Gasteiger partial charge in [0.1, 0.15) is 0 Å². The maximum absolute atomic E-state index is 12.0. The number of hydrogen-bond donors (Lipinski definition) is 0. The van der Waals surface area contributed by atoms with Gasteiger partial charge in [-0.1, -0.05) is 31.4 Å². The number of methoxy groups -OCH3 is 2. The molecule has 1 aromatic rings. The van der Waals surface area contributed by atoms with Crippen molar-refractivity contribution in [3.05, 3.63) is 22.7 Å². The third kappa shape index (κ3) is 3.64. The van der Waals surface area contributed by atoms with Crippen LogP contribution in [-0.4, -0.2) is 20.0 Å². The molecule has 0 unspecified atom stereocenters. The van der Waals surface area contributed by atoms with Crippen LogP contribution in [0.15, 0.2) is 12.1 Å². The van der Waals surface area contributed by atoms with E-state index in [0.29, 0.717) is 28.5 Å². The Morgan fingerprint density at radius 3 is 2.33 bits per heavy atom. The quantitative estimate of drug-likeness (QED) is 0.552. The standard InChI is InChI=1S/C14H19ClO3/c1-4-5-6-7-12(16)10-8-13(17-2)14(18-3)9-11(10)15/h8-9H,4-7H2,1-3H3. The number of ether oxygens (including phenoxy) is 2. The Labute approximate surface area is 113 Å². The summed E-state index contributed by atoms with van der Waals surface area (Å²) in [5.41, 5.74) is 0.505. The number of benzene rings is 1. The van der Waals surface area contributed by atoms with Crippen molar-refractivity contribution < 1.29 is 14.3 Å². The normalized spacial score (nSPS) is 10.2. The monoisotopic (exact) mass is 270 g/mol. The molecule has 0 atom stereocenters. The van der Waals surface area contributed by atoms with E-state index in [-0.39, 0.29) is 5.78 Å². The molecule has 18 heavy (non-hydrogen) atoms. The van der Waals surface area contributed by atoms with Crippen molar-refractivity contribution >= 4 is 17.4 Å². The van der Waals surface area contributed by atoms with Crippen LogP contribution in [0.5, 0.6) is 11.5 Å². The van der Waals surface area contributed by atoms with Crippen molar-refractivity contribution in [2.75, 3.05) is 14.2 Å². The number of Topliss-reactive ketones (excluding diaryl/α,β-unsaturated/α-hetero) is 1. The SMILES string of the molecule is CCCCCC(=O)c1cc(OC)c(OC)cc1Cl. The van der Waals surface area contributed by atoms with Crippen molar-refractivity contribution in [1.29, 1.82) is 0 Å². The zero-order valence-corrected chi connectivity index (χ0v) is 11.8. The molecule has 0 radical (unpaired) electrons. The minimum absolute atomic E-state index is 0.0504. The van der Waals surface area contributed by atoms with Gasteiger partial charge in [0.25, 0.3) is 0 Å². The summed E-state index contributed by atoms with van der Waals surface area (Å²) in [7, 11) is 3.08. The summed E-state index contributed by atoms with van der Waals surface area (Å²) in [5.74, 6) is 1.11. The predicted octanol–water partition coefficient (Wildman–Crippen LogP) is 4.12. The number of carbonyl (C=O) groups is 1. The Kier molecular flexibility index (Phi) is 5.99. The average molecular weight is 271 g/mol. The highest BCUT2D eigenvalue weighted by molar-refractivity contribution is 6.34. The zero-order valence-electron chi connectivity index (χ0n) is 11.1. The molecule has 0 amide bonds. The highest BCUT2D eigenvalue weighted by atomic mass is 35.5. The topological polar surface area (TPSA) is 35.5 Å². The second kappa shape index (κ2) is 7.27. The molecule has 3 nitrogen and oxygen atoms in total. The van der Waals surface area contributed by atoms with E-state index in [0.717, 1.165) is 19.3 Å². The maximum atomic E-state index is 12.0. The van der Waals surface area contributed by atoms with E-state index in [2.05, 4.69) is 6.92 Å². The fourth-order valence-corrected chi connectivity index (χ4v) is 2.00. The first-order valence-electron chi connectivity index (χ1n) is 6.08. The largest absolute Gasteiger partial charge is 0.493 e. The summed E-state index contributed by atoms with van der Waals surface area (Å²) < 4.78 is 10.3. The minimum atomic E-state index is 0.0504. The van der Waals surface area contributed by atoms with Gasteiger partial charge >= 0.3 is 0 Å². The molecule has 4 heteroatoms. The molecule has 0 fully saturated rings. The van der Waals surface area contributed by atoms with Gasteiger partial charge in [-0.15, -0.1) is 0 Å². The highest BCUT2D eigenvalue weighted by Gasteiger charge is 2.15. The molecule has 0 aliphatic rings. The molecule has 0 N–H and O–H groups in total. The van der Waals surface area contributed by atoms with Gasteiger partial charge in [-0.25, -0.2) is 0 Å². The fraction of sp³-hybridized carbons (Fsp3) is 0.500. The van der Waals surface area contributed by atoms with E-state index in [1.54, 1.807) is 12.1 Å². The van der Waals surface area contributed by atoms with Gasteiger partial charge in [0, 0.05) is 18.1 Å².